The smallest absolute Gasteiger partial charge is 0.393 e. The number of halogens is 3. The molecule has 0 saturated carbocycles. The summed E-state index contributed by atoms with van der Waals surface area (Å²) in [6.45, 7) is 0.839. The third-order valence-electron chi connectivity index (χ3n) is 3.84. The SMILES string of the molecule is Cc1ccc(NC(=O)CN2C[C@@H](C(F)(F)F)[C@H](C(=O)O)C2)cc1. The highest BCUT2D eigenvalue weighted by Gasteiger charge is 2.52. The fraction of sp³-hybridized carbons (Fsp3) is 0.467. The standard InChI is InChI=1S/C15H17F3N2O3/c1-9-2-4-10(5-3-9)19-13(21)8-20-6-11(14(22)23)12(7-20)15(16,17)18/h2-5,11-12H,6-8H2,1H3,(H,19,21)(H,22,23)/t11-,12-/m1/s1. The molecule has 23 heavy (non-hydrogen) atoms. The molecule has 1 aromatic rings. The molecule has 1 aliphatic heterocycles. The molecule has 0 bridgehead atoms. The molecule has 2 atom stereocenters. The molecule has 0 unspecified atom stereocenters. The summed E-state index contributed by atoms with van der Waals surface area (Å²) in [6.07, 6.45) is -4.59. The Morgan fingerprint density at radius 1 is 1.26 bits per heavy atom. The lowest BCUT2D eigenvalue weighted by atomic mass is 9.96. The Hall–Kier alpha value is -2.09. The zero-order chi connectivity index (χ0) is 17.2. The Balaban J connectivity index is 1.96. The second-order valence-electron chi connectivity index (χ2n) is 5.70. The lowest BCUT2D eigenvalue weighted by molar-refractivity contribution is -0.188. The zero-order valence-corrected chi connectivity index (χ0v) is 12.4. The van der Waals surface area contributed by atoms with E-state index in [1.165, 1.54) is 4.90 Å². The highest BCUT2D eigenvalue weighted by atomic mass is 19.4. The minimum absolute atomic E-state index is 0.274. The largest absolute Gasteiger partial charge is 0.481 e. The second kappa shape index (κ2) is 6.57. The molecule has 5 nitrogen and oxygen atoms in total. The maximum Gasteiger partial charge on any atom is 0.393 e. The van der Waals surface area contributed by atoms with Crippen molar-refractivity contribution in [2.24, 2.45) is 11.8 Å². The Kier molecular flexibility index (Phi) is 4.93. The van der Waals surface area contributed by atoms with Crippen molar-refractivity contribution in [1.29, 1.82) is 0 Å². The first-order valence-corrected chi connectivity index (χ1v) is 7.05. The summed E-state index contributed by atoms with van der Waals surface area (Å²) in [7, 11) is 0. The number of amides is 1. The molecule has 2 N–H and O–H groups in total. The van der Waals surface area contributed by atoms with Gasteiger partial charge in [-0.25, -0.2) is 0 Å². The quantitative estimate of drug-likeness (QED) is 0.887. The number of hydrogen-bond acceptors (Lipinski definition) is 3. The summed E-state index contributed by atoms with van der Waals surface area (Å²) < 4.78 is 38.6. The van der Waals surface area contributed by atoms with Gasteiger partial charge in [0.05, 0.1) is 18.4 Å². The Labute approximate surface area is 131 Å². The van der Waals surface area contributed by atoms with Crippen molar-refractivity contribution in [2.75, 3.05) is 25.0 Å². The van der Waals surface area contributed by atoms with Crippen LogP contribution in [-0.2, 0) is 9.59 Å². The topological polar surface area (TPSA) is 69.6 Å². The molecule has 1 aromatic carbocycles. The number of aliphatic carboxylic acids is 1. The average molecular weight is 330 g/mol. The number of nitrogens with zero attached hydrogens (tertiary/aromatic N) is 1. The molecule has 1 heterocycles. The van der Waals surface area contributed by atoms with Crippen LogP contribution >= 0.6 is 0 Å². The number of benzene rings is 1. The van der Waals surface area contributed by atoms with Gasteiger partial charge in [-0.05, 0) is 19.1 Å². The number of carboxylic acids is 1. The van der Waals surface area contributed by atoms with Gasteiger partial charge in [0.25, 0.3) is 0 Å². The molecule has 1 aliphatic rings. The van der Waals surface area contributed by atoms with Crippen molar-refractivity contribution in [3.63, 3.8) is 0 Å². The predicted molar refractivity (Wildman–Crippen MR) is 76.9 cm³/mol. The third-order valence-corrected chi connectivity index (χ3v) is 3.84. The van der Waals surface area contributed by atoms with Gasteiger partial charge >= 0.3 is 12.1 Å². The molecule has 0 aromatic heterocycles. The van der Waals surface area contributed by atoms with E-state index in [2.05, 4.69) is 5.32 Å². The van der Waals surface area contributed by atoms with E-state index in [-0.39, 0.29) is 13.1 Å². The number of aryl methyl sites for hydroxylation is 1. The number of nitrogens with one attached hydrogen (secondary N) is 1. The normalized spacial score (nSPS) is 22.1. The third kappa shape index (κ3) is 4.44. The van der Waals surface area contributed by atoms with Crippen molar-refractivity contribution < 1.29 is 27.9 Å². The highest BCUT2D eigenvalue weighted by molar-refractivity contribution is 5.92. The van der Waals surface area contributed by atoms with Crippen LogP contribution in [0.5, 0.6) is 0 Å². The Bertz CT molecular complexity index is 587. The summed E-state index contributed by atoms with van der Waals surface area (Å²) >= 11 is 0. The first kappa shape index (κ1) is 17.3. The molecule has 0 radical (unpaired) electrons. The first-order valence-electron chi connectivity index (χ1n) is 7.05. The molecule has 0 aliphatic carbocycles. The van der Waals surface area contributed by atoms with Crippen LogP contribution in [0.4, 0.5) is 18.9 Å². The van der Waals surface area contributed by atoms with E-state index in [1.807, 2.05) is 6.92 Å². The number of carbonyl (C=O) groups excluding carboxylic acids is 1. The number of carbonyl (C=O) groups is 2. The van der Waals surface area contributed by atoms with Gasteiger partial charge in [-0.2, -0.15) is 13.2 Å². The Morgan fingerprint density at radius 3 is 2.35 bits per heavy atom. The predicted octanol–water partition coefficient (Wildman–Crippen LogP) is 2.13. The van der Waals surface area contributed by atoms with Crippen molar-refractivity contribution >= 4 is 17.6 Å². The number of carboxylic acid groups (broad SMARTS) is 1. The molecule has 1 fully saturated rings. The van der Waals surface area contributed by atoms with Crippen LogP contribution in [0, 0.1) is 18.8 Å². The van der Waals surface area contributed by atoms with Gasteiger partial charge in [-0.3, -0.25) is 14.5 Å². The fourth-order valence-corrected chi connectivity index (χ4v) is 2.64. The van der Waals surface area contributed by atoms with E-state index < -0.39 is 36.4 Å². The number of likely N-dealkylation sites (tertiary alicyclic amines) is 1. The molecule has 0 spiro atoms. The van der Waals surface area contributed by atoms with E-state index in [1.54, 1.807) is 24.3 Å². The summed E-state index contributed by atoms with van der Waals surface area (Å²) in [4.78, 5) is 24.1. The van der Waals surface area contributed by atoms with Gasteiger partial charge in [0, 0.05) is 18.8 Å². The van der Waals surface area contributed by atoms with Crippen LogP contribution in [-0.4, -0.2) is 47.7 Å². The van der Waals surface area contributed by atoms with Crippen molar-refractivity contribution in [3.05, 3.63) is 29.8 Å². The highest BCUT2D eigenvalue weighted by Crippen LogP contribution is 2.37. The molecule has 8 heteroatoms. The number of alkyl halides is 3. The van der Waals surface area contributed by atoms with Crippen LogP contribution in [0.1, 0.15) is 5.56 Å². The zero-order valence-electron chi connectivity index (χ0n) is 12.4. The number of hydrogen-bond donors (Lipinski definition) is 2. The van der Waals surface area contributed by atoms with Crippen molar-refractivity contribution in [1.82, 2.24) is 4.90 Å². The van der Waals surface area contributed by atoms with E-state index >= 15 is 0 Å². The molecular formula is C15H17F3N2O3. The first-order chi connectivity index (χ1) is 10.7. The molecule has 1 amide bonds. The van der Waals surface area contributed by atoms with Gasteiger partial charge < -0.3 is 10.4 Å². The van der Waals surface area contributed by atoms with Crippen LogP contribution in [0.3, 0.4) is 0 Å². The average Bonchev–Trinajstić information content (AvgIpc) is 2.85. The number of rotatable bonds is 4. The van der Waals surface area contributed by atoms with Gasteiger partial charge in [0.15, 0.2) is 0 Å². The fourth-order valence-electron chi connectivity index (χ4n) is 2.64. The molecule has 1 saturated heterocycles. The summed E-state index contributed by atoms with van der Waals surface area (Å²) in [5, 5.41) is 11.5. The minimum atomic E-state index is -4.59. The maximum absolute atomic E-state index is 12.9. The molecule has 2 rings (SSSR count). The maximum atomic E-state index is 12.9. The second-order valence-corrected chi connectivity index (χ2v) is 5.70. The molecular weight excluding hydrogens is 313 g/mol. The van der Waals surface area contributed by atoms with Gasteiger partial charge in [-0.1, -0.05) is 17.7 Å². The summed E-state index contributed by atoms with van der Waals surface area (Å²) in [5.74, 6) is -5.45. The Morgan fingerprint density at radius 2 is 1.87 bits per heavy atom. The van der Waals surface area contributed by atoms with Gasteiger partial charge in [-0.15, -0.1) is 0 Å². The summed E-state index contributed by atoms with van der Waals surface area (Å²) in [6, 6.07) is 6.97. The van der Waals surface area contributed by atoms with E-state index in [4.69, 9.17) is 5.11 Å². The van der Waals surface area contributed by atoms with Gasteiger partial charge in [0.2, 0.25) is 5.91 Å². The van der Waals surface area contributed by atoms with Crippen LogP contribution in [0.15, 0.2) is 24.3 Å². The van der Waals surface area contributed by atoms with E-state index in [0.29, 0.717) is 5.69 Å². The van der Waals surface area contributed by atoms with Gasteiger partial charge in [0.1, 0.15) is 0 Å². The van der Waals surface area contributed by atoms with Crippen molar-refractivity contribution in [2.45, 2.75) is 13.1 Å². The lowest BCUT2D eigenvalue weighted by Crippen LogP contribution is -2.34. The minimum Gasteiger partial charge on any atom is -0.481 e. The monoisotopic (exact) mass is 330 g/mol. The van der Waals surface area contributed by atoms with Crippen LogP contribution < -0.4 is 5.32 Å². The molecule has 126 valence electrons. The van der Waals surface area contributed by atoms with Crippen LogP contribution in [0.2, 0.25) is 0 Å². The van der Waals surface area contributed by atoms with E-state index in [0.717, 1.165) is 5.56 Å². The number of anilines is 1. The van der Waals surface area contributed by atoms with Crippen molar-refractivity contribution in [3.8, 4) is 0 Å². The summed E-state index contributed by atoms with van der Waals surface area (Å²) in [5.41, 5.74) is 1.56. The lowest BCUT2D eigenvalue weighted by Gasteiger charge is -2.18. The van der Waals surface area contributed by atoms with E-state index in [9.17, 15) is 22.8 Å². The van der Waals surface area contributed by atoms with Crippen LogP contribution in [0.25, 0.3) is 0 Å².